The summed E-state index contributed by atoms with van der Waals surface area (Å²) in [7, 11) is -2.91. The lowest BCUT2D eigenvalue weighted by molar-refractivity contribution is 0.102. The summed E-state index contributed by atoms with van der Waals surface area (Å²) in [5.74, 6) is 1.50. The van der Waals surface area contributed by atoms with Gasteiger partial charge in [0.2, 0.25) is 0 Å². The number of hydrogen-bond donors (Lipinski definition) is 2. The standard InChI is InChI=1S/C26H26N6O3S/c33-26(22-5-1-3-20(15-22)18-32-11-13-36(34,35)14-12-32)28-23-8-6-21(7-9-23)25-29-24(30-31-25)16-19-4-2-10-27-17-19/h1-10,15,17H,11-14,16,18H2,(H,28,33)(H,29,30,31). The topological polar surface area (TPSA) is 121 Å². The summed E-state index contributed by atoms with van der Waals surface area (Å²) in [5, 5.41) is 10.2. The fourth-order valence-corrected chi connectivity index (χ4v) is 5.36. The molecule has 0 unspecified atom stereocenters. The lowest BCUT2D eigenvalue weighted by Gasteiger charge is -2.26. The van der Waals surface area contributed by atoms with Crippen molar-refractivity contribution in [2.75, 3.05) is 29.9 Å². The Labute approximate surface area is 209 Å². The highest BCUT2D eigenvalue weighted by atomic mass is 32.2. The number of amides is 1. The number of aromatic amines is 1. The third-order valence-electron chi connectivity index (χ3n) is 6.06. The van der Waals surface area contributed by atoms with Crippen LogP contribution in [0, 0.1) is 0 Å². The van der Waals surface area contributed by atoms with Gasteiger partial charge in [0.1, 0.15) is 5.82 Å². The number of nitrogens with zero attached hydrogens (tertiary/aromatic N) is 4. The zero-order valence-corrected chi connectivity index (χ0v) is 20.4. The quantitative estimate of drug-likeness (QED) is 0.399. The Morgan fingerprint density at radius 3 is 2.53 bits per heavy atom. The molecule has 2 aromatic carbocycles. The summed E-state index contributed by atoms with van der Waals surface area (Å²) in [6.07, 6.45) is 4.15. The molecule has 1 aliphatic rings. The molecule has 1 aliphatic heterocycles. The van der Waals surface area contributed by atoms with Gasteiger partial charge in [0.15, 0.2) is 15.7 Å². The van der Waals surface area contributed by atoms with Gasteiger partial charge in [-0.25, -0.2) is 13.4 Å². The second kappa shape index (κ2) is 10.4. The van der Waals surface area contributed by atoms with E-state index in [4.69, 9.17) is 0 Å². The average molecular weight is 503 g/mol. The van der Waals surface area contributed by atoms with Gasteiger partial charge in [-0.05, 0) is 53.6 Å². The molecule has 10 heteroatoms. The number of nitrogens with one attached hydrogen (secondary N) is 2. The first-order valence-corrected chi connectivity index (χ1v) is 13.5. The van der Waals surface area contributed by atoms with E-state index in [9.17, 15) is 13.2 Å². The Morgan fingerprint density at radius 1 is 1.00 bits per heavy atom. The largest absolute Gasteiger partial charge is 0.322 e. The van der Waals surface area contributed by atoms with Crippen LogP contribution in [0.4, 0.5) is 5.69 Å². The minimum atomic E-state index is -2.91. The number of carbonyl (C=O) groups is 1. The number of H-pyrrole nitrogens is 1. The molecule has 0 radical (unpaired) electrons. The van der Waals surface area contributed by atoms with Gasteiger partial charge >= 0.3 is 0 Å². The highest BCUT2D eigenvalue weighted by Crippen LogP contribution is 2.20. The summed E-state index contributed by atoms with van der Waals surface area (Å²) in [4.78, 5) is 23.6. The maximum atomic E-state index is 12.8. The molecule has 0 aliphatic carbocycles. The van der Waals surface area contributed by atoms with Crippen LogP contribution in [0.5, 0.6) is 0 Å². The molecule has 2 aromatic heterocycles. The van der Waals surface area contributed by atoms with E-state index in [0.717, 1.165) is 22.5 Å². The van der Waals surface area contributed by atoms with E-state index in [1.54, 1.807) is 18.5 Å². The predicted octanol–water partition coefficient (Wildman–Crippen LogP) is 2.94. The van der Waals surface area contributed by atoms with Crippen LogP contribution >= 0.6 is 0 Å². The molecule has 0 spiro atoms. The molecule has 184 valence electrons. The van der Waals surface area contributed by atoms with Gasteiger partial charge in [-0.2, -0.15) is 5.10 Å². The first-order valence-electron chi connectivity index (χ1n) is 11.7. The molecule has 1 saturated heterocycles. The molecule has 4 aromatic rings. The monoisotopic (exact) mass is 502 g/mol. The molecular weight excluding hydrogens is 476 g/mol. The molecule has 1 amide bonds. The maximum absolute atomic E-state index is 12.8. The Bertz CT molecular complexity index is 1440. The first kappa shape index (κ1) is 23.8. The SMILES string of the molecule is O=C(Nc1ccc(-c2n[nH]c(Cc3cccnc3)n2)cc1)c1cccc(CN2CCS(=O)(=O)CC2)c1. The number of aromatic nitrogens is 4. The number of anilines is 1. The molecule has 0 bridgehead atoms. The second-order valence-electron chi connectivity index (χ2n) is 8.80. The van der Waals surface area contributed by atoms with Crippen molar-refractivity contribution in [3.63, 3.8) is 0 Å². The number of carbonyl (C=O) groups excluding carboxylic acids is 1. The zero-order chi connectivity index (χ0) is 25.0. The van der Waals surface area contributed by atoms with Gasteiger partial charge in [-0.3, -0.25) is 19.8 Å². The van der Waals surface area contributed by atoms with Crippen LogP contribution in [0.1, 0.15) is 27.3 Å². The van der Waals surface area contributed by atoms with Gasteiger partial charge in [-0.15, -0.1) is 0 Å². The summed E-state index contributed by atoms with van der Waals surface area (Å²) in [6.45, 7) is 1.65. The fourth-order valence-electron chi connectivity index (χ4n) is 4.08. The highest BCUT2D eigenvalue weighted by molar-refractivity contribution is 7.91. The average Bonchev–Trinajstić information content (AvgIpc) is 3.35. The molecule has 0 atom stereocenters. The van der Waals surface area contributed by atoms with Crippen molar-refractivity contribution in [2.45, 2.75) is 13.0 Å². The summed E-state index contributed by atoms with van der Waals surface area (Å²) in [6, 6.07) is 18.7. The van der Waals surface area contributed by atoms with Crippen molar-refractivity contribution >= 4 is 21.4 Å². The van der Waals surface area contributed by atoms with E-state index in [0.29, 0.717) is 43.1 Å². The van der Waals surface area contributed by atoms with E-state index < -0.39 is 9.84 Å². The van der Waals surface area contributed by atoms with Crippen molar-refractivity contribution in [1.82, 2.24) is 25.1 Å². The van der Waals surface area contributed by atoms with Crippen LogP contribution in [0.2, 0.25) is 0 Å². The Morgan fingerprint density at radius 2 is 1.78 bits per heavy atom. The smallest absolute Gasteiger partial charge is 0.255 e. The molecule has 0 saturated carbocycles. The van der Waals surface area contributed by atoms with E-state index >= 15 is 0 Å². The fraction of sp³-hybridized carbons (Fsp3) is 0.231. The normalized spacial score (nSPS) is 15.4. The number of pyridine rings is 1. The summed E-state index contributed by atoms with van der Waals surface area (Å²) in [5.41, 5.74) is 4.08. The van der Waals surface area contributed by atoms with Crippen molar-refractivity contribution in [3.8, 4) is 11.4 Å². The molecule has 3 heterocycles. The van der Waals surface area contributed by atoms with Crippen molar-refractivity contribution < 1.29 is 13.2 Å². The maximum Gasteiger partial charge on any atom is 0.255 e. The Hall–Kier alpha value is -3.89. The van der Waals surface area contributed by atoms with E-state index in [1.165, 1.54) is 0 Å². The predicted molar refractivity (Wildman–Crippen MR) is 137 cm³/mol. The molecule has 1 fully saturated rings. The van der Waals surface area contributed by atoms with Crippen molar-refractivity contribution in [3.05, 3.63) is 95.6 Å². The number of rotatable bonds is 7. The van der Waals surface area contributed by atoms with E-state index in [2.05, 4.69) is 30.4 Å². The Kier molecular flexibility index (Phi) is 6.88. The first-order chi connectivity index (χ1) is 17.4. The highest BCUT2D eigenvalue weighted by Gasteiger charge is 2.21. The number of hydrogen-bond acceptors (Lipinski definition) is 7. The van der Waals surface area contributed by atoms with Gasteiger partial charge in [0.25, 0.3) is 5.91 Å². The van der Waals surface area contributed by atoms with Crippen LogP contribution in [0.25, 0.3) is 11.4 Å². The van der Waals surface area contributed by atoms with Crippen LogP contribution in [0.15, 0.2) is 73.1 Å². The Balaban J connectivity index is 1.19. The lowest BCUT2D eigenvalue weighted by Crippen LogP contribution is -2.39. The van der Waals surface area contributed by atoms with Crippen LogP contribution in [0.3, 0.4) is 0 Å². The lowest BCUT2D eigenvalue weighted by atomic mass is 10.1. The van der Waals surface area contributed by atoms with E-state index in [-0.39, 0.29) is 17.4 Å². The molecule has 2 N–H and O–H groups in total. The second-order valence-corrected chi connectivity index (χ2v) is 11.1. The van der Waals surface area contributed by atoms with Crippen molar-refractivity contribution in [1.29, 1.82) is 0 Å². The van der Waals surface area contributed by atoms with Gasteiger partial charge < -0.3 is 5.32 Å². The summed E-state index contributed by atoms with van der Waals surface area (Å²) < 4.78 is 23.3. The molecule has 36 heavy (non-hydrogen) atoms. The number of benzene rings is 2. The van der Waals surface area contributed by atoms with Gasteiger partial charge in [0.05, 0.1) is 11.5 Å². The van der Waals surface area contributed by atoms with Crippen LogP contribution in [-0.4, -0.2) is 64.0 Å². The summed E-state index contributed by atoms with van der Waals surface area (Å²) >= 11 is 0. The number of sulfone groups is 1. The molecule has 9 nitrogen and oxygen atoms in total. The van der Waals surface area contributed by atoms with Crippen LogP contribution < -0.4 is 5.32 Å². The minimum Gasteiger partial charge on any atom is -0.322 e. The van der Waals surface area contributed by atoms with Crippen molar-refractivity contribution in [2.24, 2.45) is 0 Å². The van der Waals surface area contributed by atoms with Gasteiger partial charge in [-0.1, -0.05) is 18.2 Å². The van der Waals surface area contributed by atoms with Gasteiger partial charge in [0, 0.05) is 55.3 Å². The third-order valence-corrected chi connectivity index (χ3v) is 7.67. The third kappa shape index (κ3) is 6.02. The molecule has 5 rings (SSSR count). The zero-order valence-electron chi connectivity index (χ0n) is 19.6. The van der Waals surface area contributed by atoms with E-state index in [1.807, 2.05) is 54.6 Å². The van der Waals surface area contributed by atoms with Crippen LogP contribution in [-0.2, 0) is 22.8 Å². The molecular formula is C26H26N6O3S. The minimum absolute atomic E-state index is 0.183.